The molecule has 0 aromatic carbocycles. The number of β-amino-alcohol motifs (C(OH)–C–C–N with tert-alkyl or cyclic N) is 1. The molecule has 176 valence electrons. The van der Waals surface area contributed by atoms with Crippen molar-refractivity contribution in [1.82, 2.24) is 24.8 Å². The molecule has 1 atom stereocenters. The number of ether oxygens (including phenoxy) is 2. The Morgan fingerprint density at radius 3 is 2.69 bits per heavy atom. The summed E-state index contributed by atoms with van der Waals surface area (Å²) in [5.74, 6) is 0.334. The van der Waals surface area contributed by atoms with E-state index in [0.717, 1.165) is 25.9 Å². The molecule has 3 rings (SSSR count). The molecule has 0 aliphatic carbocycles. The molecule has 2 N–H and O–H groups in total. The van der Waals surface area contributed by atoms with E-state index in [2.05, 4.69) is 20.2 Å². The Hall–Kier alpha value is -2.72. The first-order chi connectivity index (χ1) is 15.1. The number of aliphatic hydroxyl groups excluding tert-OH is 1. The van der Waals surface area contributed by atoms with E-state index in [-0.39, 0.29) is 11.6 Å². The van der Waals surface area contributed by atoms with Crippen molar-refractivity contribution in [3.05, 3.63) is 28.7 Å². The number of fused-ring (bicyclic) bond motifs is 1. The standard InChI is InChI=1S/C22H33N5O5/c1-22(2,3)32-21(30)24-15-7-10-26(11-8-15)14-16(28)9-12-27-19(29)6-5-17-20(27)25-18(31-4)13-23-17/h5-6,13,15-16,28H,7-12,14H2,1-4H3,(H,24,30). The van der Waals surface area contributed by atoms with E-state index in [9.17, 15) is 14.7 Å². The number of methoxy groups -OCH3 is 1. The highest BCUT2D eigenvalue weighted by Crippen LogP contribution is 2.15. The van der Waals surface area contributed by atoms with Crippen LogP contribution in [0.25, 0.3) is 11.2 Å². The number of aliphatic hydroxyl groups is 1. The monoisotopic (exact) mass is 447 g/mol. The highest BCUT2D eigenvalue weighted by Gasteiger charge is 2.24. The zero-order chi connectivity index (χ0) is 23.3. The molecule has 1 amide bonds. The van der Waals surface area contributed by atoms with Crippen molar-refractivity contribution in [3.8, 4) is 5.88 Å². The van der Waals surface area contributed by atoms with Crippen LogP contribution in [-0.4, -0.2) is 75.1 Å². The number of rotatable bonds is 7. The Morgan fingerprint density at radius 1 is 1.31 bits per heavy atom. The fourth-order valence-electron chi connectivity index (χ4n) is 3.75. The van der Waals surface area contributed by atoms with Gasteiger partial charge in [-0.1, -0.05) is 0 Å². The number of hydrogen-bond donors (Lipinski definition) is 2. The summed E-state index contributed by atoms with van der Waals surface area (Å²) in [6.45, 7) is 7.90. The van der Waals surface area contributed by atoms with Gasteiger partial charge in [0, 0.05) is 38.3 Å². The second-order valence-electron chi connectivity index (χ2n) is 9.11. The third-order valence-corrected chi connectivity index (χ3v) is 5.34. The number of piperidine rings is 1. The van der Waals surface area contributed by atoms with Crippen molar-refractivity contribution in [2.75, 3.05) is 26.7 Å². The van der Waals surface area contributed by atoms with Gasteiger partial charge in [-0.15, -0.1) is 0 Å². The molecule has 10 nitrogen and oxygen atoms in total. The van der Waals surface area contributed by atoms with Crippen LogP contribution < -0.4 is 15.6 Å². The van der Waals surface area contributed by atoms with Crippen LogP contribution in [0.5, 0.6) is 5.88 Å². The summed E-state index contributed by atoms with van der Waals surface area (Å²) in [4.78, 5) is 35.1. The lowest BCUT2D eigenvalue weighted by atomic mass is 10.0. The van der Waals surface area contributed by atoms with Crippen LogP contribution in [0.1, 0.15) is 40.0 Å². The average molecular weight is 448 g/mol. The minimum absolute atomic E-state index is 0.0704. The maximum atomic E-state index is 12.4. The van der Waals surface area contributed by atoms with Gasteiger partial charge < -0.3 is 24.8 Å². The topological polar surface area (TPSA) is 119 Å². The number of hydrogen-bond acceptors (Lipinski definition) is 8. The molecule has 2 aromatic rings. The molecule has 10 heteroatoms. The summed E-state index contributed by atoms with van der Waals surface area (Å²) in [5.41, 5.74) is 0.330. The first-order valence-electron chi connectivity index (χ1n) is 10.9. The minimum Gasteiger partial charge on any atom is -0.480 e. The molecule has 1 saturated heterocycles. The van der Waals surface area contributed by atoms with Gasteiger partial charge in [-0.25, -0.2) is 9.78 Å². The number of carbonyl (C=O) groups excluding carboxylic acids is 1. The largest absolute Gasteiger partial charge is 0.480 e. The molecular formula is C22H33N5O5. The van der Waals surface area contributed by atoms with E-state index in [1.807, 2.05) is 20.8 Å². The normalized spacial score (nSPS) is 16.7. The maximum Gasteiger partial charge on any atom is 0.407 e. The Bertz CT molecular complexity index is 979. The number of amides is 1. The van der Waals surface area contributed by atoms with E-state index in [4.69, 9.17) is 9.47 Å². The van der Waals surface area contributed by atoms with Crippen LogP contribution in [0, 0.1) is 0 Å². The van der Waals surface area contributed by atoms with Gasteiger partial charge in [0.1, 0.15) is 11.1 Å². The van der Waals surface area contributed by atoms with Crippen molar-refractivity contribution < 1.29 is 19.4 Å². The van der Waals surface area contributed by atoms with Crippen LogP contribution in [-0.2, 0) is 11.3 Å². The van der Waals surface area contributed by atoms with E-state index in [1.54, 1.807) is 6.07 Å². The highest BCUT2D eigenvalue weighted by atomic mass is 16.6. The van der Waals surface area contributed by atoms with Gasteiger partial charge in [-0.3, -0.25) is 9.36 Å². The Labute approximate surface area is 187 Å². The van der Waals surface area contributed by atoms with Gasteiger partial charge in [0.15, 0.2) is 5.65 Å². The summed E-state index contributed by atoms with van der Waals surface area (Å²) in [6.07, 6.45) is 2.53. The Morgan fingerprint density at radius 2 is 2.03 bits per heavy atom. The number of carbonyl (C=O) groups is 1. The van der Waals surface area contributed by atoms with E-state index >= 15 is 0 Å². The summed E-state index contributed by atoms with van der Waals surface area (Å²) < 4.78 is 12.0. The third kappa shape index (κ3) is 6.64. The first kappa shape index (κ1) is 23.9. The quantitative estimate of drug-likeness (QED) is 0.656. The van der Waals surface area contributed by atoms with Gasteiger partial charge >= 0.3 is 6.09 Å². The number of aryl methyl sites for hydroxylation is 1. The lowest BCUT2D eigenvalue weighted by molar-refractivity contribution is 0.0454. The van der Waals surface area contributed by atoms with Crippen molar-refractivity contribution in [1.29, 1.82) is 0 Å². The minimum atomic E-state index is -0.592. The van der Waals surface area contributed by atoms with Crippen LogP contribution >= 0.6 is 0 Å². The first-order valence-corrected chi connectivity index (χ1v) is 10.9. The van der Waals surface area contributed by atoms with Crippen LogP contribution in [0.15, 0.2) is 23.1 Å². The van der Waals surface area contributed by atoms with Gasteiger partial charge in [-0.05, 0) is 46.1 Å². The number of pyridine rings is 1. The van der Waals surface area contributed by atoms with E-state index < -0.39 is 17.8 Å². The van der Waals surface area contributed by atoms with E-state index in [1.165, 1.54) is 23.9 Å². The predicted octanol–water partition coefficient (Wildman–Crippen LogP) is 1.54. The van der Waals surface area contributed by atoms with Gasteiger partial charge in [0.25, 0.3) is 5.56 Å². The fourth-order valence-corrected chi connectivity index (χ4v) is 3.75. The zero-order valence-electron chi connectivity index (χ0n) is 19.2. The van der Waals surface area contributed by atoms with Crippen molar-refractivity contribution in [2.24, 2.45) is 0 Å². The summed E-state index contributed by atoms with van der Waals surface area (Å²) in [6, 6.07) is 3.16. The second kappa shape index (κ2) is 10.3. The number of nitrogens with zero attached hydrogens (tertiary/aromatic N) is 4. The summed E-state index contributed by atoms with van der Waals surface area (Å²) >= 11 is 0. The molecule has 1 aliphatic rings. The smallest absolute Gasteiger partial charge is 0.407 e. The van der Waals surface area contributed by atoms with Gasteiger partial charge in [-0.2, -0.15) is 4.98 Å². The lowest BCUT2D eigenvalue weighted by Gasteiger charge is -2.33. The van der Waals surface area contributed by atoms with E-state index in [0.29, 0.717) is 36.6 Å². The lowest BCUT2D eigenvalue weighted by Crippen LogP contribution is -2.47. The van der Waals surface area contributed by atoms with Crippen LogP contribution in [0.2, 0.25) is 0 Å². The van der Waals surface area contributed by atoms with Crippen molar-refractivity contribution in [3.63, 3.8) is 0 Å². The van der Waals surface area contributed by atoms with Gasteiger partial charge in [0.05, 0.1) is 19.4 Å². The van der Waals surface area contributed by atoms with Crippen LogP contribution in [0.4, 0.5) is 4.79 Å². The predicted molar refractivity (Wildman–Crippen MR) is 120 cm³/mol. The number of nitrogens with one attached hydrogen (secondary N) is 1. The Balaban J connectivity index is 1.49. The summed E-state index contributed by atoms with van der Waals surface area (Å²) in [7, 11) is 1.50. The third-order valence-electron chi connectivity index (χ3n) is 5.34. The molecule has 0 radical (unpaired) electrons. The zero-order valence-corrected chi connectivity index (χ0v) is 19.2. The van der Waals surface area contributed by atoms with Crippen LogP contribution in [0.3, 0.4) is 0 Å². The molecule has 1 aliphatic heterocycles. The van der Waals surface area contributed by atoms with Crippen molar-refractivity contribution >= 4 is 17.3 Å². The molecule has 0 spiro atoms. The molecule has 32 heavy (non-hydrogen) atoms. The average Bonchev–Trinajstić information content (AvgIpc) is 2.72. The maximum absolute atomic E-state index is 12.4. The van der Waals surface area contributed by atoms with Crippen molar-refractivity contribution in [2.45, 2.75) is 64.3 Å². The molecular weight excluding hydrogens is 414 g/mol. The molecule has 0 saturated carbocycles. The second-order valence-corrected chi connectivity index (χ2v) is 9.11. The molecule has 2 aromatic heterocycles. The molecule has 1 unspecified atom stereocenters. The fraction of sp³-hybridized carbons (Fsp3) is 0.636. The number of aromatic nitrogens is 3. The highest BCUT2D eigenvalue weighted by molar-refractivity contribution is 5.70. The molecule has 1 fully saturated rings. The number of likely N-dealkylation sites (tertiary alicyclic amines) is 1. The van der Waals surface area contributed by atoms with Gasteiger partial charge in [0.2, 0.25) is 5.88 Å². The number of alkyl carbamates (subject to hydrolysis) is 1. The molecule has 3 heterocycles. The molecule has 0 bridgehead atoms. The Kier molecular flexibility index (Phi) is 7.68. The SMILES string of the molecule is COc1cnc2ccc(=O)n(CCC(O)CN3CCC(NC(=O)OC(C)(C)C)CC3)c2n1. The summed E-state index contributed by atoms with van der Waals surface area (Å²) in [5, 5.41) is 13.5.